The molecule has 0 aliphatic rings. The number of ether oxygens (including phenoxy) is 1. The van der Waals surface area contributed by atoms with Crippen molar-refractivity contribution in [3.05, 3.63) is 97.3 Å². The predicted octanol–water partition coefficient (Wildman–Crippen LogP) is 6.62. The molecular formula is C25H19ClFIN2O2. The Hall–Kier alpha value is -2.89. The SMILES string of the molecule is CCOc1cc(/C=C(\C#N)C(=O)Nc2ccccc2Cl)cc(I)c1Cc1ccccc1F. The van der Waals surface area contributed by atoms with Crippen molar-refractivity contribution in [1.29, 1.82) is 5.26 Å². The van der Waals surface area contributed by atoms with Crippen molar-refractivity contribution in [2.45, 2.75) is 13.3 Å². The molecule has 0 spiro atoms. The molecule has 0 saturated carbocycles. The summed E-state index contributed by atoms with van der Waals surface area (Å²) in [6.45, 7) is 2.28. The zero-order valence-corrected chi connectivity index (χ0v) is 20.1. The summed E-state index contributed by atoms with van der Waals surface area (Å²) in [5, 5.41) is 12.6. The molecule has 0 saturated heterocycles. The average Bonchev–Trinajstić information content (AvgIpc) is 2.77. The number of hydrogen-bond acceptors (Lipinski definition) is 3. The second-order valence-corrected chi connectivity index (χ2v) is 8.35. The van der Waals surface area contributed by atoms with Crippen molar-refractivity contribution < 1.29 is 13.9 Å². The topological polar surface area (TPSA) is 62.1 Å². The van der Waals surface area contributed by atoms with Crippen LogP contribution in [0.1, 0.15) is 23.6 Å². The zero-order valence-electron chi connectivity index (χ0n) is 17.2. The van der Waals surface area contributed by atoms with Crippen molar-refractivity contribution in [2.75, 3.05) is 11.9 Å². The smallest absolute Gasteiger partial charge is 0.266 e. The average molecular weight is 561 g/mol. The van der Waals surface area contributed by atoms with Crippen molar-refractivity contribution in [3.8, 4) is 11.8 Å². The van der Waals surface area contributed by atoms with Gasteiger partial charge in [0.15, 0.2) is 0 Å². The maximum atomic E-state index is 14.2. The number of hydrogen-bond donors (Lipinski definition) is 1. The van der Waals surface area contributed by atoms with Gasteiger partial charge in [0.25, 0.3) is 5.91 Å². The van der Waals surface area contributed by atoms with Gasteiger partial charge in [-0.1, -0.05) is 41.9 Å². The normalized spacial score (nSPS) is 11.0. The molecule has 7 heteroatoms. The van der Waals surface area contributed by atoms with Crippen LogP contribution < -0.4 is 10.1 Å². The Bertz CT molecular complexity index is 1220. The van der Waals surface area contributed by atoms with Crippen molar-refractivity contribution >= 4 is 51.9 Å². The first-order valence-electron chi connectivity index (χ1n) is 9.79. The van der Waals surface area contributed by atoms with Gasteiger partial charge in [-0.2, -0.15) is 5.26 Å². The van der Waals surface area contributed by atoms with Crippen LogP contribution in [-0.2, 0) is 11.2 Å². The van der Waals surface area contributed by atoms with Gasteiger partial charge in [0.1, 0.15) is 23.2 Å². The Morgan fingerprint density at radius 2 is 1.94 bits per heavy atom. The van der Waals surface area contributed by atoms with E-state index in [0.717, 1.165) is 9.13 Å². The Morgan fingerprint density at radius 3 is 2.62 bits per heavy atom. The number of nitriles is 1. The highest BCUT2D eigenvalue weighted by Gasteiger charge is 2.15. The van der Waals surface area contributed by atoms with Crippen LogP contribution in [0.15, 0.2) is 66.2 Å². The Labute approximate surface area is 204 Å². The fourth-order valence-electron chi connectivity index (χ4n) is 3.07. The van der Waals surface area contributed by atoms with E-state index < -0.39 is 5.91 Å². The standard InChI is InChI=1S/C25H19ClFIN2O2/c1-2-32-24-13-16(12-22(28)19(24)14-17-7-3-5-9-21(17)27)11-18(15-29)25(31)30-23-10-6-4-8-20(23)26/h3-13H,2,14H2,1H3,(H,30,31)/b18-11+. The first kappa shape index (κ1) is 23.8. The molecule has 0 fully saturated rings. The van der Waals surface area contributed by atoms with Crippen molar-refractivity contribution in [3.63, 3.8) is 0 Å². The van der Waals surface area contributed by atoms with E-state index in [4.69, 9.17) is 16.3 Å². The molecular weight excluding hydrogens is 542 g/mol. The third kappa shape index (κ3) is 5.87. The molecule has 3 rings (SSSR count). The molecule has 0 atom stereocenters. The monoisotopic (exact) mass is 560 g/mol. The van der Waals surface area contributed by atoms with Crippen LogP contribution in [0.25, 0.3) is 6.08 Å². The minimum atomic E-state index is -0.566. The summed E-state index contributed by atoms with van der Waals surface area (Å²) in [6, 6.07) is 18.9. The van der Waals surface area contributed by atoms with Crippen LogP contribution in [0.3, 0.4) is 0 Å². The second-order valence-electron chi connectivity index (χ2n) is 6.78. The maximum Gasteiger partial charge on any atom is 0.266 e. The van der Waals surface area contributed by atoms with Gasteiger partial charge in [-0.3, -0.25) is 4.79 Å². The number of carbonyl (C=O) groups is 1. The van der Waals surface area contributed by atoms with Gasteiger partial charge < -0.3 is 10.1 Å². The molecule has 32 heavy (non-hydrogen) atoms. The van der Waals surface area contributed by atoms with Gasteiger partial charge >= 0.3 is 0 Å². The molecule has 4 nitrogen and oxygen atoms in total. The number of nitrogens with zero attached hydrogens (tertiary/aromatic N) is 1. The lowest BCUT2D eigenvalue weighted by molar-refractivity contribution is -0.112. The highest BCUT2D eigenvalue weighted by Crippen LogP contribution is 2.31. The van der Waals surface area contributed by atoms with E-state index in [-0.39, 0.29) is 11.4 Å². The molecule has 0 aliphatic carbocycles. The maximum absolute atomic E-state index is 14.2. The lowest BCUT2D eigenvalue weighted by Crippen LogP contribution is -2.13. The van der Waals surface area contributed by atoms with Crippen LogP contribution in [0.2, 0.25) is 5.02 Å². The minimum absolute atomic E-state index is 0.0787. The molecule has 162 valence electrons. The molecule has 0 radical (unpaired) electrons. The lowest BCUT2D eigenvalue weighted by atomic mass is 10.0. The summed E-state index contributed by atoms with van der Waals surface area (Å²) in [7, 11) is 0. The van der Waals surface area contributed by atoms with E-state index in [0.29, 0.717) is 40.6 Å². The number of anilines is 1. The highest BCUT2D eigenvalue weighted by atomic mass is 127. The van der Waals surface area contributed by atoms with E-state index in [1.807, 2.05) is 19.1 Å². The molecule has 1 N–H and O–H groups in total. The largest absolute Gasteiger partial charge is 0.494 e. The quantitative estimate of drug-likeness (QED) is 0.201. The van der Waals surface area contributed by atoms with Gasteiger partial charge in [-0.05, 0) is 77.0 Å². The fraction of sp³-hybridized carbons (Fsp3) is 0.120. The number of halogens is 3. The molecule has 0 heterocycles. The van der Waals surface area contributed by atoms with Crippen LogP contribution in [0, 0.1) is 20.7 Å². The van der Waals surface area contributed by atoms with Gasteiger partial charge in [0.05, 0.1) is 17.3 Å². The molecule has 3 aromatic rings. The summed E-state index contributed by atoms with van der Waals surface area (Å²) in [5.74, 6) is -0.264. The number of amides is 1. The van der Waals surface area contributed by atoms with Gasteiger partial charge in [-0.25, -0.2) is 4.39 Å². The third-order valence-electron chi connectivity index (χ3n) is 4.60. The van der Waals surface area contributed by atoms with Gasteiger partial charge in [-0.15, -0.1) is 0 Å². The fourth-order valence-corrected chi connectivity index (χ4v) is 4.07. The molecule has 1 amide bonds. The molecule has 0 unspecified atom stereocenters. The summed E-state index contributed by atoms with van der Waals surface area (Å²) in [5.41, 5.74) is 2.37. The number of nitrogens with one attached hydrogen (secondary N) is 1. The van der Waals surface area contributed by atoms with Crippen molar-refractivity contribution in [1.82, 2.24) is 0 Å². The third-order valence-corrected chi connectivity index (χ3v) is 5.89. The predicted molar refractivity (Wildman–Crippen MR) is 133 cm³/mol. The minimum Gasteiger partial charge on any atom is -0.494 e. The van der Waals surface area contributed by atoms with E-state index in [2.05, 4.69) is 27.9 Å². The molecule has 3 aromatic carbocycles. The summed E-state index contributed by atoms with van der Waals surface area (Å²) >= 11 is 8.24. The van der Waals surface area contributed by atoms with E-state index in [9.17, 15) is 14.4 Å². The van der Waals surface area contributed by atoms with E-state index in [1.54, 1.807) is 48.5 Å². The van der Waals surface area contributed by atoms with E-state index in [1.165, 1.54) is 12.1 Å². The lowest BCUT2D eigenvalue weighted by Gasteiger charge is -2.14. The molecule has 0 bridgehead atoms. The Balaban J connectivity index is 1.93. The molecule has 0 aromatic heterocycles. The number of rotatable bonds is 7. The first-order chi connectivity index (χ1) is 15.4. The van der Waals surface area contributed by atoms with Gasteiger partial charge in [0.2, 0.25) is 0 Å². The Kier molecular flexibility index (Phi) is 8.26. The van der Waals surface area contributed by atoms with Crippen LogP contribution in [-0.4, -0.2) is 12.5 Å². The summed E-state index contributed by atoms with van der Waals surface area (Å²) in [4.78, 5) is 12.6. The van der Waals surface area contributed by atoms with Crippen LogP contribution in [0.5, 0.6) is 5.75 Å². The summed E-state index contributed by atoms with van der Waals surface area (Å²) < 4.78 is 20.8. The molecule has 0 aliphatic heterocycles. The number of para-hydroxylation sites is 1. The first-order valence-corrected chi connectivity index (χ1v) is 11.2. The number of benzene rings is 3. The second kappa shape index (κ2) is 11.1. The van der Waals surface area contributed by atoms with Crippen LogP contribution in [0.4, 0.5) is 10.1 Å². The Morgan fingerprint density at radius 1 is 1.22 bits per heavy atom. The van der Waals surface area contributed by atoms with Crippen molar-refractivity contribution in [2.24, 2.45) is 0 Å². The summed E-state index contributed by atoms with van der Waals surface area (Å²) in [6.07, 6.45) is 1.85. The highest BCUT2D eigenvalue weighted by molar-refractivity contribution is 14.1. The number of carbonyl (C=O) groups excluding carboxylic acids is 1. The van der Waals surface area contributed by atoms with Gasteiger partial charge in [0, 0.05) is 15.6 Å². The van der Waals surface area contributed by atoms with E-state index >= 15 is 0 Å². The zero-order chi connectivity index (χ0) is 23.1. The van der Waals surface area contributed by atoms with Crippen LogP contribution >= 0.6 is 34.2 Å².